The molecule has 0 spiro atoms. The van der Waals surface area contributed by atoms with Gasteiger partial charge in [0, 0.05) is 17.6 Å². The predicted molar refractivity (Wildman–Crippen MR) is 71.3 cm³/mol. The van der Waals surface area contributed by atoms with Crippen LogP contribution < -0.4 is 0 Å². The first-order valence-electron chi connectivity index (χ1n) is 5.68. The van der Waals surface area contributed by atoms with Crippen molar-refractivity contribution in [2.45, 2.75) is 25.2 Å². The lowest BCUT2D eigenvalue weighted by atomic mass is 9.93. The van der Waals surface area contributed by atoms with E-state index in [1.807, 2.05) is 13.8 Å². The Balaban J connectivity index is 2.38. The molecule has 0 unspecified atom stereocenters. The van der Waals surface area contributed by atoms with Gasteiger partial charge in [-0.15, -0.1) is 0 Å². The first kappa shape index (κ1) is 14.0. The van der Waals surface area contributed by atoms with Crippen molar-refractivity contribution in [3.8, 4) is 0 Å². The van der Waals surface area contributed by atoms with Gasteiger partial charge in [0.15, 0.2) is 0 Å². The molecule has 0 bridgehead atoms. The molecular formula is C12H15BrFNO2S. The molecule has 0 atom stereocenters. The van der Waals surface area contributed by atoms with Crippen LogP contribution in [0.3, 0.4) is 0 Å². The van der Waals surface area contributed by atoms with E-state index in [1.165, 1.54) is 22.5 Å². The fourth-order valence-corrected chi connectivity index (χ4v) is 4.10. The minimum atomic E-state index is -3.72. The van der Waals surface area contributed by atoms with Crippen LogP contribution >= 0.6 is 15.9 Å². The molecule has 1 saturated heterocycles. The maximum Gasteiger partial charge on any atom is 0.246 e. The van der Waals surface area contributed by atoms with Gasteiger partial charge in [-0.25, -0.2) is 12.8 Å². The number of halogens is 2. The Labute approximate surface area is 115 Å². The molecule has 0 N–H and O–H groups in total. The van der Waals surface area contributed by atoms with Crippen LogP contribution in [-0.4, -0.2) is 25.8 Å². The summed E-state index contributed by atoms with van der Waals surface area (Å²) >= 11 is 3.12. The van der Waals surface area contributed by atoms with Crippen molar-refractivity contribution in [2.75, 3.05) is 13.1 Å². The summed E-state index contributed by atoms with van der Waals surface area (Å²) in [6, 6.07) is 4.02. The third-order valence-corrected chi connectivity index (χ3v) is 5.53. The Kier molecular flexibility index (Phi) is 3.55. The molecule has 0 saturated carbocycles. The molecule has 1 heterocycles. The molecule has 0 amide bonds. The van der Waals surface area contributed by atoms with E-state index in [9.17, 15) is 12.8 Å². The lowest BCUT2D eigenvalue weighted by Gasteiger charge is -2.20. The molecule has 3 nitrogen and oxygen atoms in total. The number of hydrogen-bond donors (Lipinski definition) is 0. The normalized spacial score (nSPS) is 20.2. The maximum atomic E-state index is 13.8. The topological polar surface area (TPSA) is 37.4 Å². The van der Waals surface area contributed by atoms with Gasteiger partial charge in [-0.2, -0.15) is 4.31 Å². The molecule has 18 heavy (non-hydrogen) atoms. The van der Waals surface area contributed by atoms with Crippen LogP contribution in [0.1, 0.15) is 20.3 Å². The minimum absolute atomic E-state index is 0.0427. The summed E-state index contributed by atoms with van der Waals surface area (Å²) in [5, 5.41) is 0. The second-order valence-electron chi connectivity index (χ2n) is 5.33. The number of nitrogens with zero attached hydrogens (tertiary/aromatic N) is 1. The average molecular weight is 336 g/mol. The van der Waals surface area contributed by atoms with Crippen LogP contribution in [0, 0.1) is 11.2 Å². The summed E-state index contributed by atoms with van der Waals surface area (Å²) in [6.07, 6.45) is 0.796. The summed E-state index contributed by atoms with van der Waals surface area (Å²) in [7, 11) is -3.72. The molecule has 1 fully saturated rings. The van der Waals surface area contributed by atoms with Crippen LogP contribution in [0.2, 0.25) is 0 Å². The Hall–Kier alpha value is -0.460. The van der Waals surface area contributed by atoms with Gasteiger partial charge in [-0.1, -0.05) is 29.8 Å². The van der Waals surface area contributed by atoms with Gasteiger partial charge in [-0.05, 0) is 30.0 Å². The van der Waals surface area contributed by atoms with Gasteiger partial charge in [0.05, 0.1) is 0 Å². The molecule has 1 aliphatic heterocycles. The van der Waals surface area contributed by atoms with Crippen LogP contribution in [0.25, 0.3) is 0 Å². The van der Waals surface area contributed by atoms with Crippen LogP contribution in [0.15, 0.2) is 27.6 Å². The van der Waals surface area contributed by atoms with E-state index in [0.29, 0.717) is 17.6 Å². The van der Waals surface area contributed by atoms with E-state index in [0.717, 1.165) is 6.42 Å². The highest BCUT2D eigenvalue weighted by Gasteiger charge is 2.37. The van der Waals surface area contributed by atoms with Gasteiger partial charge in [0.2, 0.25) is 10.0 Å². The third kappa shape index (κ3) is 2.60. The van der Waals surface area contributed by atoms with E-state index in [1.54, 1.807) is 0 Å². The number of hydrogen-bond acceptors (Lipinski definition) is 2. The predicted octanol–water partition coefficient (Wildman–Crippen LogP) is 3.01. The fourth-order valence-electron chi connectivity index (χ4n) is 2.09. The van der Waals surface area contributed by atoms with Crippen LogP contribution in [0.5, 0.6) is 0 Å². The zero-order valence-electron chi connectivity index (χ0n) is 10.3. The largest absolute Gasteiger partial charge is 0.246 e. The van der Waals surface area contributed by atoms with Crippen molar-refractivity contribution in [3.05, 3.63) is 28.5 Å². The molecule has 2 rings (SSSR count). The molecule has 0 aliphatic carbocycles. The van der Waals surface area contributed by atoms with Gasteiger partial charge < -0.3 is 0 Å². The van der Waals surface area contributed by atoms with Crippen molar-refractivity contribution in [1.29, 1.82) is 0 Å². The van der Waals surface area contributed by atoms with E-state index in [2.05, 4.69) is 15.9 Å². The summed E-state index contributed by atoms with van der Waals surface area (Å²) in [6.45, 7) is 4.91. The van der Waals surface area contributed by atoms with Crippen molar-refractivity contribution < 1.29 is 12.8 Å². The summed E-state index contributed by atoms with van der Waals surface area (Å²) in [5.74, 6) is -0.714. The third-order valence-electron chi connectivity index (χ3n) is 3.15. The van der Waals surface area contributed by atoms with E-state index >= 15 is 0 Å². The molecule has 1 aromatic carbocycles. The molecule has 0 radical (unpaired) electrons. The van der Waals surface area contributed by atoms with E-state index < -0.39 is 15.8 Å². The van der Waals surface area contributed by atoms with E-state index in [-0.39, 0.29) is 10.3 Å². The van der Waals surface area contributed by atoms with Gasteiger partial charge in [0.25, 0.3) is 0 Å². The number of benzene rings is 1. The molecule has 6 heteroatoms. The molecule has 100 valence electrons. The number of sulfonamides is 1. The van der Waals surface area contributed by atoms with Crippen LogP contribution in [-0.2, 0) is 10.0 Å². The van der Waals surface area contributed by atoms with Gasteiger partial charge >= 0.3 is 0 Å². The Morgan fingerprint density at radius 1 is 1.39 bits per heavy atom. The zero-order chi connectivity index (χ0) is 13.6. The second kappa shape index (κ2) is 4.58. The smallest absolute Gasteiger partial charge is 0.207 e. The molecule has 1 aliphatic rings. The van der Waals surface area contributed by atoms with Crippen molar-refractivity contribution >= 4 is 26.0 Å². The zero-order valence-corrected chi connectivity index (χ0v) is 12.7. The first-order valence-corrected chi connectivity index (χ1v) is 7.91. The Morgan fingerprint density at radius 2 is 2.06 bits per heavy atom. The van der Waals surface area contributed by atoms with Crippen molar-refractivity contribution in [1.82, 2.24) is 4.31 Å². The van der Waals surface area contributed by atoms with Crippen LogP contribution in [0.4, 0.5) is 4.39 Å². The van der Waals surface area contributed by atoms with Gasteiger partial charge in [-0.3, -0.25) is 0 Å². The Bertz CT molecular complexity index is 571. The highest BCUT2D eigenvalue weighted by molar-refractivity contribution is 9.10. The minimum Gasteiger partial charge on any atom is -0.207 e. The quantitative estimate of drug-likeness (QED) is 0.833. The van der Waals surface area contributed by atoms with Gasteiger partial charge in [0.1, 0.15) is 10.7 Å². The maximum absolute atomic E-state index is 13.8. The van der Waals surface area contributed by atoms with Crippen molar-refractivity contribution in [3.63, 3.8) is 0 Å². The molecular weight excluding hydrogens is 321 g/mol. The van der Waals surface area contributed by atoms with E-state index in [4.69, 9.17) is 0 Å². The fraction of sp³-hybridized carbons (Fsp3) is 0.500. The Morgan fingerprint density at radius 3 is 2.56 bits per heavy atom. The number of rotatable bonds is 2. The average Bonchev–Trinajstić information content (AvgIpc) is 2.58. The monoisotopic (exact) mass is 335 g/mol. The highest BCUT2D eigenvalue weighted by atomic mass is 79.9. The lowest BCUT2D eigenvalue weighted by Crippen LogP contribution is -2.31. The summed E-state index contributed by atoms with van der Waals surface area (Å²) < 4.78 is 40.3. The highest BCUT2D eigenvalue weighted by Crippen LogP contribution is 2.33. The summed E-state index contributed by atoms with van der Waals surface area (Å²) in [5.41, 5.74) is -0.0427. The SMILES string of the molecule is CC1(C)CCN(S(=O)(=O)c2ccc(Br)cc2F)C1. The second-order valence-corrected chi connectivity index (χ2v) is 8.15. The molecule has 0 aromatic heterocycles. The molecule has 1 aromatic rings. The lowest BCUT2D eigenvalue weighted by molar-refractivity contribution is 0.374. The summed E-state index contributed by atoms with van der Waals surface area (Å²) in [4.78, 5) is -0.247. The van der Waals surface area contributed by atoms with Crippen molar-refractivity contribution in [2.24, 2.45) is 5.41 Å². The standard InChI is InChI=1S/C12H15BrFNO2S/c1-12(2)5-6-15(8-12)18(16,17)11-4-3-9(13)7-10(11)14/h3-4,7H,5-6,8H2,1-2H3. The first-order chi connectivity index (χ1) is 8.22.